The van der Waals surface area contributed by atoms with E-state index in [1.54, 1.807) is 19.2 Å². The highest BCUT2D eigenvalue weighted by atomic mass is 32.1. The first-order valence-electron chi connectivity index (χ1n) is 8.78. The van der Waals surface area contributed by atoms with Crippen molar-refractivity contribution in [2.24, 2.45) is 5.73 Å². The van der Waals surface area contributed by atoms with Crippen molar-refractivity contribution in [3.05, 3.63) is 41.3 Å². The Bertz CT molecular complexity index is 818. The number of hydrogen-bond acceptors (Lipinski definition) is 6. The highest BCUT2D eigenvalue weighted by Gasteiger charge is 2.30. The Balaban J connectivity index is 1.90. The van der Waals surface area contributed by atoms with E-state index in [1.165, 1.54) is 12.1 Å². The van der Waals surface area contributed by atoms with Gasteiger partial charge < -0.3 is 16.4 Å². The second-order valence-electron chi connectivity index (χ2n) is 6.35. The van der Waals surface area contributed by atoms with E-state index in [1.807, 2.05) is 0 Å². The SMILES string of the molecule is CNc1nc(C(N)=O)c(NC(=O)C(c2ccc(F)cc2)N2CCCCC2)s1. The van der Waals surface area contributed by atoms with Crippen LogP contribution in [0.1, 0.15) is 41.4 Å². The van der Waals surface area contributed by atoms with Gasteiger partial charge >= 0.3 is 0 Å². The number of carbonyl (C=O) groups excluding carboxylic acids is 2. The van der Waals surface area contributed by atoms with Crippen LogP contribution < -0.4 is 16.4 Å². The van der Waals surface area contributed by atoms with Crippen LogP contribution in [0.25, 0.3) is 0 Å². The number of piperidine rings is 1. The maximum Gasteiger partial charge on any atom is 0.270 e. The van der Waals surface area contributed by atoms with Crippen molar-refractivity contribution < 1.29 is 14.0 Å². The molecule has 0 aliphatic carbocycles. The minimum Gasteiger partial charge on any atom is -0.365 e. The molecule has 2 amide bonds. The summed E-state index contributed by atoms with van der Waals surface area (Å²) in [5.41, 5.74) is 6.10. The van der Waals surface area contributed by atoms with Crippen LogP contribution in [0, 0.1) is 5.82 Å². The van der Waals surface area contributed by atoms with Gasteiger partial charge in [0.15, 0.2) is 10.8 Å². The Labute approximate surface area is 160 Å². The van der Waals surface area contributed by atoms with E-state index in [-0.39, 0.29) is 17.4 Å². The zero-order valence-electron chi connectivity index (χ0n) is 15.0. The fourth-order valence-electron chi connectivity index (χ4n) is 3.21. The van der Waals surface area contributed by atoms with E-state index in [0.29, 0.717) is 15.7 Å². The number of thiazole rings is 1. The quantitative estimate of drug-likeness (QED) is 0.703. The summed E-state index contributed by atoms with van der Waals surface area (Å²) in [5.74, 6) is -1.36. The number of carbonyl (C=O) groups is 2. The first kappa shape index (κ1) is 19.2. The maximum absolute atomic E-state index is 13.3. The molecule has 0 saturated carbocycles. The Morgan fingerprint density at radius 2 is 1.89 bits per heavy atom. The van der Waals surface area contributed by atoms with Gasteiger partial charge in [0.1, 0.15) is 16.9 Å². The third kappa shape index (κ3) is 4.42. The lowest BCUT2D eigenvalue weighted by Crippen LogP contribution is -2.40. The normalized spacial score (nSPS) is 15.9. The van der Waals surface area contributed by atoms with E-state index in [0.717, 1.165) is 43.7 Å². The highest BCUT2D eigenvalue weighted by Crippen LogP contribution is 2.31. The zero-order valence-corrected chi connectivity index (χ0v) is 15.8. The monoisotopic (exact) mass is 391 g/mol. The number of nitrogens with one attached hydrogen (secondary N) is 2. The number of nitrogens with zero attached hydrogens (tertiary/aromatic N) is 2. The first-order valence-corrected chi connectivity index (χ1v) is 9.60. The van der Waals surface area contributed by atoms with E-state index in [9.17, 15) is 14.0 Å². The van der Waals surface area contributed by atoms with Crippen LogP contribution in [-0.2, 0) is 4.79 Å². The van der Waals surface area contributed by atoms with Gasteiger partial charge in [-0.25, -0.2) is 9.37 Å². The Hall–Kier alpha value is -2.52. The van der Waals surface area contributed by atoms with E-state index in [4.69, 9.17) is 5.73 Å². The van der Waals surface area contributed by atoms with Gasteiger partial charge in [-0.2, -0.15) is 0 Å². The minimum absolute atomic E-state index is 0.0224. The van der Waals surface area contributed by atoms with Crippen molar-refractivity contribution in [1.29, 1.82) is 0 Å². The smallest absolute Gasteiger partial charge is 0.270 e. The molecule has 1 aliphatic rings. The van der Waals surface area contributed by atoms with Crippen molar-refractivity contribution in [2.75, 3.05) is 30.8 Å². The van der Waals surface area contributed by atoms with Crippen molar-refractivity contribution in [3.8, 4) is 0 Å². The number of halogens is 1. The molecule has 4 N–H and O–H groups in total. The average Bonchev–Trinajstić information content (AvgIpc) is 3.07. The van der Waals surface area contributed by atoms with Crippen LogP contribution in [0.4, 0.5) is 14.5 Å². The Morgan fingerprint density at radius 3 is 2.48 bits per heavy atom. The second-order valence-corrected chi connectivity index (χ2v) is 7.35. The van der Waals surface area contributed by atoms with Crippen molar-refractivity contribution in [3.63, 3.8) is 0 Å². The van der Waals surface area contributed by atoms with E-state index in [2.05, 4.69) is 20.5 Å². The third-order valence-corrected chi connectivity index (χ3v) is 5.49. The van der Waals surface area contributed by atoms with Gasteiger partial charge in [0.2, 0.25) is 5.91 Å². The number of rotatable bonds is 6. The highest BCUT2D eigenvalue weighted by molar-refractivity contribution is 7.20. The van der Waals surface area contributed by atoms with Crippen molar-refractivity contribution >= 4 is 33.3 Å². The summed E-state index contributed by atoms with van der Waals surface area (Å²) >= 11 is 1.14. The molecule has 0 bridgehead atoms. The Morgan fingerprint density at radius 1 is 1.22 bits per heavy atom. The molecular formula is C18H22FN5O2S. The summed E-state index contributed by atoms with van der Waals surface area (Å²) in [6.07, 6.45) is 3.13. The fourth-order valence-corrected chi connectivity index (χ4v) is 4.04. The fraction of sp³-hybridized carbons (Fsp3) is 0.389. The Kier molecular flexibility index (Phi) is 6.02. The summed E-state index contributed by atoms with van der Waals surface area (Å²) in [5, 5.41) is 6.43. The lowest BCUT2D eigenvalue weighted by atomic mass is 10.0. The van der Waals surface area contributed by atoms with E-state index < -0.39 is 11.9 Å². The van der Waals surface area contributed by atoms with Gasteiger partial charge in [0.25, 0.3) is 5.91 Å². The summed E-state index contributed by atoms with van der Waals surface area (Å²) in [4.78, 5) is 30.9. The zero-order chi connectivity index (χ0) is 19.4. The largest absolute Gasteiger partial charge is 0.365 e. The first-order chi connectivity index (χ1) is 13.0. The minimum atomic E-state index is -0.709. The second kappa shape index (κ2) is 8.45. The number of likely N-dealkylation sites (tertiary alicyclic amines) is 1. The maximum atomic E-state index is 13.3. The summed E-state index contributed by atoms with van der Waals surface area (Å²) in [7, 11) is 1.67. The molecule has 0 radical (unpaired) electrons. The molecule has 1 aliphatic heterocycles. The number of aromatic nitrogens is 1. The molecule has 144 valence electrons. The van der Waals surface area contributed by atoms with Gasteiger partial charge in [-0.3, -0.25) is 14.5 Å². The van der Waals surface area contributed by atoms with Gasteiger partial charge in [0, 0.05) is 7.05 Å². The molecular weight excluding hydrogens is 369 g/mol. The summed E-state index contributed by atoms with van der Waals surface area (Å²) in [6, 6.07) is 5.36. The molecule has 2 aromatic rings. The number of amides is 2. The summed E-state index contributed by atoms with van der Waals surface area (Å²) < 4.78 is 13.3. The third-order valence-electron chi connectivity index (χ3n) is 4.50. The van der Waals surface area contributed by atoms with Gasteiger partial charge in [-0.15, -0.1) is 0 Å². The van der Waals surface area contributed by atoms with Gasteiger partial charge in [0.05, 0.1) is 0 Å². The average molecular weight is 391 g/mol. The van der Waals surface area contributed by atoms with Gasteiger partial charge in [-0.05, 0) is 43.6 Å². The van der Waals surface area contributed by atoms with Crippen LogP contribution in [0.5, 0.6) is 0 Å². The van der Waals surface area contributed by atoms with Crippen LogP contribution in [0.3, 0.4) is 0 Å². The van der Waals surface area contributed by atoms with Crippen LogP contribution in [0.15, 0.2) is 24.3 Å². The number of nitrogens with two attached hydrogens (primary N) is 1. The molecule has 1 unspecified atom stereocenters. The van der Waals surface area contributed by atoms with E-state index >= 15 is 0 Å². The van der Waals surface area contributed by atoms with Crippen molar-refractivity contribution in [1.82, 2.24) is 9.88 Å². The lowest BCUT2D eigenvalue weighted by molar-refractivity contribution is -0.121. The summed E-state index contributed by atoms with van der Waals surface area (Å²) in [6.45, 7) is 1.56. The van der Waals surface area contributed by atoms with Gasteiger partial charge in [-0.1, -0.05) is 29.9 Å². The lowest BCUT2D eigenvalue weighted by Gasteiger charge is -2.33. The van der Waals surface area contributed by atoms with Crippen LogP contribution in [0.2, 0.25) is 0 Å². The standard InChI is InChI=1S/C18H22FN5O2S/c1-21-18-22-13(15(20)25)17(27-18)23-16(26)14(24-9-3-2-4-10-24)11-5-7-12(19)8-6-11/h5-8,14H,2-4,9-10H2,1H3,(H2,20,25)(H,21,22)(H,23,26). The topological polar surface area (TPSA) is 100 Å². The molecule has 2 heterocycles. The molecule has 7 nitrogen and oxygen atoms in total. The molecule has 1 fully saturated rings. The molecule has 9 heteroatoms. The van der Waals surface area contributed by atoms with Crippen LogP contribution >= 0.6 is 11.3 Å². The molecule has 0 spiro atoms. The molecule has 1 aromatic heterocycles. The molecule has 1 atom stereocenters. The molecule has 1 saturated heterocycles. The predicted molar refractivity (Wildman–Crippen MR) is 103 cm³/mol. The number of primary amides is 1. The van der Waals surface area contributed by atoms with Crippen molar-refractivity contribution in [2.45, 2.75) is 25.3 Å². The molecule has 27 heavy (non-hydrogen) atoms. The van der Waals surface area contributed by atoms with Crippen LogP contribution in [-0.4, -0.2) is 41.8 Å². The number of hydrogen-bond donors (Lipinski definition) is 3. The number of anilines is 2. The number of benzene rings is 1. The molecule has 3 rings (SSSR count). The predicted octanol–water partition coefficient (Wildman–Crippen LogP) is 2.59. The molecule has 1 aromatic carbocycles.